The Hall–Kier alpha value is -0.940. The van der Waals surface area contributed by atoms with E-state index >= 15 is 0 Å². The molecule has 1 aliphatic heterocycles. The fourth-order valence-corrected chi connectivity index (χ4v) is 5.30. The topological polar surface area (TPSA) is 58.6 Å². The summed E-state index contributed by atoms with van der Waals surface area (Å²) in [4.78, 5) is 25.4. The Kier molecular flexibility index (Phi) is 5.30. The zero-order valence-corrected chi connectivity index (χ0v) is 15.3. The summed E-state index contributed by atoms with van der Waals surface area (Å²) in [5, 5.41) is 3.88. The molecule has 0 aromatic carbocycles. The summed E-state index contributed by atoms with van der Waals surface area (Å²) in [6, 6.07) is 1.18. The quantitative estimate of drug-likeness (QED) is 0.758. The summed E-state index contributed by atoms with van der Waals surface area (Å²) in [6.45, 7) is 4.54. The summed E-state index contributed by atoms with van der Waals surface area (Å²) in [5.74, 6) is 0.0728. The minimum Gasteiger partial charge on any atom is -0.381 e. The zero-order chi connectivity index (χ0) is 17.3. The molecule has 3 rings (SSSR count). The van der Waals surface area contributed by atoms with Crippen molar-refractivity contribution < 1.29 is 14.3 Å². The summed E-state index contributed by atoms with van der Waals surface area (Å²) < 4.78 is 5.69. The van der Waals surface area contributed by atoms with Gasteiger partial charge in [0.2, 0.25) is 11.8 Å². The third kappa shape index (κ3) is 2.90. The molecule has 3 aliphatic rings. The molecular weight excluding hydrogens is 304 g/mol. The van der Waals surface area contributed by atoms with Crippen molar-refractivity contribution >= 4 is 11.8 Å². The maximum atomic E-state index is 11.9. The molecule has 5 heteroatoms. The van der Waals surface area contributed by atoms with Crippen LogP contribution in [0, 0.1) is 5.41 Å². The van der Waals surface area contributed by atoms with Crippen molar-refractivity contribution in [2.75, 3.05) is 7.11 Å². The van der Waals surface area contributed by atoms with E-state index in [-0.39, 0.29) is 23.3 Å². The second-order valence-electron chi connectivity index (χ2n) is 7.78. The van der Waals surface area contributed by atoms with E-state index in [1.54, 1.807) is 4.90 Å². The largest absolute Gasteiger partial charge is 0.381 e. The van der Waals surface area contributed by atoms with Gasteiger partial charge in [-0.15, -0.1) is 0 Å². The average Bonchev–Trinajstić information content (AvgIpc) is 2.92. The van der Waals surface area contributed by atoms with Gasteiger partial charge in [0.05, 0.1) is 6.10 Å². The van der Waals surface area contributed by atoms with Gasteiger partial charge in [-0.3, -0.25) is 14.5 Å². The van der Waals surface area contributed by atoms with Gasteiger partial charge in [-0.2, -0.15) is 0 Å². The van der Waals surface area contributed by atoms with Crippen molar-refractivity contribution in [3.8, 4) is 0 Å². The average molecular weight is 336 g/mol. The van der Waals surface area contributed by atoms with E-state index in [4.69, 9.17) is 4.74 Å². The van der Waals surface area contributed by atoms with Crippen LogP contribution in [0.3, 0.4) is 0 Å². The highest BCUT2D eigenvalue weighted by Crippen LogP contribution is 2.49. The van der Waals surface area contributed by atoms with Crippen LogP contribution in [-0.2, 0) is 14.3 Å². The molecule has 2 atom stereocenters. The smallest absolute Gasteiger partial charge is 0.229 e. The van der Waals surface area contributed by atoms with Crippen LogP contribution >= 0.6 is 0 Å². The van der Waals surface area contributed by atoms with Gasteiger partial charge in [0.15, 0.2) is 0 Å². The molecule has 0 aromatic rings. The molecule has 3 fully saturated rings. The van der Waals surface area contributed by atoms with E-state index in [9.17, 15) is 9.59 Å². The fraction of sp³-hybridized carbons (Fsp3) is 0.895. The first-order valence-electron chi connectivity index (χ1n) is 9.69. The number of carbonyl (C=O) groups excluding carboxylic acids is 2. The first-order valence-corrected chi connectivity index (χ1v) is 9.69. The molecule has 1 saturated heterocycles. The van der Waals surface area contributed by atoms with Crippen LogP contribution in [0.2, 0.25) is 0 Å². The summed E-state index contributed by atoms with van der Waals surface area (Å²) in [6.07, 6.45) is 8.58. The number of ether oxygens (including phenoxy) is 1. The van der Waals surface area contributed by atoms with Gasteiger partial charge in [-0.25, -0.2) is 0 Å². The number of hydrogen-bond acceptors (Lipinski definition) is 4. The van der Waals surface area contributed by atoms with Crippen molar-refractivity contribution in [1.82, 2.24) is 10.2 Å². The molecule has 0 bridgehead atoms. The Morgan fingerprint density at radius 1 is 1.08 bits per heavy atom. The zero-order valence-electron chi connectivity index (χ0n) is 15.3. The number of nitrogens with one attached hydrogen (secondary N) is 1. The van der Waals surface area contributed by atoms with Crippen molar-refractivity contribution in [3.63, 3.8) is 0 Å². The third-order valence-corrected chi connectivity index (χ3v) is 6.97. The number of amides is 2. The predicted molar refractivity (Wildman–Crippen MR) is 92.5 cm³/mol. The Bertz CT molecular complexity index is 465. The lowest BCUT2D eigenvalue weighted by Gasteiger charge is -2.56. The molecule has 24 heavy (non-hydrogen) atoms. The molecule has 2 amide bonds. The van der Waals surface area contributed by atoms with Crippen molar-refractivity contribution in [1.29, 1.82) is 0 Å². The fourth-order valence-electron chi connectivity index (χ4n) is 5.30. The number of methoxy groups -OCH3 is 1. The van der Waals surface area contributed by atoms with Crippen molar-refractivity contribution in [2.45, 2.75) is 95.9 Å². The number of imide groups is 1. The number of rotatable bonds is 6. The Labute approximate surface area is 145 Å². The minimum absolute atomic E-state index is 0.0364. The van der Waals surface area contributed by atoms with Gasteiger partial charge in [-0.1, -0.05) is 13.8 Å². The molecule has 136 valence electrons. The van der Waals surface area contributed by atoms with Gasteiger partial charge in [-0.05, 0) is 44.9 Å². The molecule has 1 N–H and O–H groups in total. The van der Waals surface area contributed by atoms with Gasteiger partial charge in [0, 0.05) is 43.5 Å². The number of carbonyl (C=O) groups is 2. The van der Waals surface area contributed by atoms with Crippen LogP contribution in [0.4, 0.5) is 0 Å². The molecule has 5 nitrogen and oxygen atoms in total. The van der Waals surface area contributed by atoms with E-state index in [0.29, 0.717) is 31.0 Å². The van der Waals surface area contributed by atoms with Crippen molar-refractivity contribution in [2.24, 2.45) is 5.41 Å². The molecule has 2 unspecified atom stereocenters. The Morgan fingerprint density at radius 2 is 1.67 bits per heavy atom. The van der Waals surface area contributed by atoms with Crippen LogP contribution in [0.5, 0.6) is 0 Å². The maximum absolute atomic E-state index is 11.9. The highest BCUT2D eigenvalue weighted by atomic mass is 16.5. The Balaban J connectivity index is 1.53. The van der Waals surface area contributed by atoms with E-state index in [2.05, 4.69) is 19.2 Å². The lowest BCUT2D eigenvalue weighted by atomic mass is 9.58. The number of likely N-dealkylation sites (tertiary alicyclic amines) is 1. The van der Waals surface area contributed by atoms with E-state index in [1.165, 1.54) is 0 Å². The summed E-state index contributed by atoms with van der Waals surface area (Å²) in [7, 11) is 1.83. The first-order chi connectivity index (χ1) is 11.6. The van der Waals surface area contributed by atoms with Crippen LogP contribution in [0.1, 0.15) is 71.6 Å². The molecule has 1 heterocycles. The molecular formula is C19H32N2O3. The highest BCUT2D eigenvalue weighted by Gasteiger charge is 2.53. The SMILES string of the molecule is CCC1(CC)C(NC2CCC(N3C(=O)CCC3=O)CC2)CC1OC. The number of nitrogens with zero attached hydrogens (tertiary/aromatic N) is 1. The van der Waals surface area contributed by atoms with Gasteiger partial charge < -0.3 is 10.1 Å². The third-order valence-electron chi connectivity index (χ3n) is 6.97. The first kappa shape index (κ1) is 17.9. The Morgan fingerprint density at radius 3 is 2.17 bits per heavy atom. The van der Waals surface area contributed by atoms with E-state index in [0.717, 1.165) is 44.9 Å². The van der Waals surface area contributed by atoms with Crippen LogP contribution < -0.4 is 5.32 Å². The standard InChI is InChI=1S/C19H32N2O3/c1-4-19(5-2)15(12-16(19)24-3)20-13-6-8-14(9-7-13)21-17(22)10-11-18(21)23/h13-16,20H,4-12H2,1-3H3. The summed E-state index contributed by atoms with van der Waals surface area (Å²) >= 11 is 0. The van der Waals surface area contributed by atoms with E-state index < -0.39 is 0 Å². The monoisotopic (exact) mass is 336 g/mol. The van der Waals surface area contributed by atoms with Crippen LogP contribution in [0.15, 0.2) is 0 Å². The number of hydrogen-bond donors (Lipinski definition) is 1. The highest BCUT2D eigenvalue weighted by molar-refractivity contribution is 6.02. The van der Waals surface area contributed by atoms with Crippen molar-refractivity contribution in [3.05, 3.63) is 0 Å². The second kappa shape index (κ2) is 7.12. The van der Waals surface area contributed by atoms with E-state index in [1.807, 2.05) is 7.11 Å². The van der Waals surface area contributed by atoms with Gasteiger partial charge in [0.1, 0.15) is 0 Å². The van der Waals surface area contributed by atoms with Crippen LogP contribution in [-0.4, -0.2) is 48.1 Å². The minimum atomic E-state index is 0.0364. The van der Waals surface area contributed by atoms with Gasteiger partial charge in [0.25, 0.3) is 0 Å². The van der Waals surface area contributed by atoms with Gasteiger partial charge >= 0.3 is 0 Å². The molecule has 2 saturated carbocycles. The molecule has 0 aromatic heterocycles. The molecule has 0 spiro atoms. The molecule has 0 radical (unpaired) electrons. The maximum Gasteiger partial charge on any atom is 0.229 e. The molecule has 2 aliphatic carbocycles. The van der Waals surface area contributed by atoms with Crippen LogP contribution in [0.25, 0.3) is 0 Å². The summed E-state index contributed by atoms with van der Waals surface area (Å²) in [5.41, 5.74) is 0.270. The normalized spacial score (nSPS) is 36.0. The lowest BCUT2D eigenvalue weighted by Crippen LogP contribution is -2.65. The predicted octanol–water partition coefficient (Wildman–Crippen LogP) is 2.63. The second-order valence-corrected chi connectivity index (χ2v) is 7.78. The lowest BCUT2D eigenvalue weighted by molar-refractivity contribution is -0.142.